The number of hydrogen-bond donors (Lipinski definition) is 0. The third-order valence-electron chi connectivity index (χ3n) is 2.90. The number of hydrogen-bond acceptors (Lipinski definition) is 6. The largest absolute Gasteiger partial charge is 0.451 e. The van der Waals surface area contributed by atoms with E-state index in [1.807, 2.05) is 0 Å². The standard InChI is InChI=1S/C13H16ClNO6S/c1-8(16)9(2)21-13(17)10-5-6-11(14)12(7-10)22(18,19)15(3)20-4/h5-7,9H,1-4H3/t9-/m1/s1. The predicted molar refractivity (Wildman–Crippen MR) is 79.0 cm³/mol. The molecule has 0 aliphatic heterocycles. The number of Topliss-reactive ketones (excluding diaryl/α,β-unsaturated/α-hetero) is 1. The molecule has 1 atom stereocenters. The van der Waals surface area contributed by atoms with Crippen LogP contribution in [0.1, 0.15) is 24.2 Å². The fraction of sp³-hybridized carbons (Fsp3) is 0.385. The third kappa shape index (κ3) is 4.04. The Labute approximate surface area is 133 Å². The molecule has 1 aromatic rings. The molecule has 0 aliphatic rings. The second kappa shape index (κ2) is 7.19. The molecular weight excluding hydrogens is 334 g/mol. The zero-order valence-electron chi connectivity index (χ0n) is 12.5. The van der Waals surface area contributed by atoms with Crippen molar-refractivity contribution < 1.29 is 27.6 Å². The number of carbonyl (C=O) groups is 2. The first kappa shape index (κ1) is 18.6. The van der Waals surface area contributed by atoms with Gasteiger partial charge in [0, 0.05) is 7.05 Å². The van der Waals surface area contributed by atoms with Crippen molar-refractivity contribution in [2.75, 3.05) is 14.2 Å². The molecule has 7 nitrogen and oxygen atoms in total. The van der Waals surface area contributed by atoms with Crippen LogP contribution >= 0.6 is 11.6 Å². The van der Waals surface area contributed by atoms with Crippen molar-refractivity contribution >= 4 is 33.4 Å². The quantitative estimate of drug-likeness (QED) is 0.573. The highest BCUT2D eigenvalue weighted by molar-refractivity contribution is 7.89. The molecule has 0 spiro atoms. The first-order valence-electron chi connectivity index (χ1n) is 6.15. The van der Waals surface area contributed by atoms with Crippen molar-refractivity contribution in [2.45, 2.75) is 24.8 Å². The summed E-state index contributed by atoms with van der Waals surface area (Å²) in [4.78, 5) is 27.4. The fourth-order valence-corrected chi connectivity index (χ4v) is 2.85. The van der Waals surface area contributed by atoms with Gasteiger partial charge >= 0.3 is 5.97 Å². The number of ether oxygens (including phenoxy) is 1. The number of sulfonamides is 1. The number of ketones is 1. The summed E-state index contributed by atoms with van der Waals surface area (Å²) in [7, 11) is -1.65. The highest BCUT2D eigenvalue weighted by atomic mass is 35.5. The summed E-state index contributed by atoms with van der Waals surface area (Å²) in [6, 6.07) is 3.64. The molecule has 22 heavy (non-hydrogen) atoms. The first-order chi connectivity index (χ1) is 10.1. The van der Waals surface area contributed by atoms with Gasteiger partial charge in [0.2, 0.25) is 0 Å². The summed E-state index contributed by atoms with van der Waals surface area (Å²) < 4.78 is 29.9. The van der Waals surface area contributed by atoms with Crippen LogP contribution in [-0.2, 0) is 24.4 Å². The second-order valence-electron chi connectivity index (χ2n) is 4.40. The highest BCUT2D eigenvalue weighted by Crippen LogP contribution is 2.25. The van der Waals surface area contributed by atoms with E-state index in [2.05, 4.69) is 4.84 Å². The van der Waals surface area contributed by atoms with E-state index < -0.39 is 22.1 Å². The predicted octanol–water partition coefficient (Wildman–Crippen LogP) is 1.66. The number of hydroxylamine groups is 1. The number of halogens is 1. The second-order valence-corrected chi connectivity index (χ2v) is 6.71. The third-order valence-corrected chi connectivity index (χ3v) is 5.06. The number of nitrogens with zero attached hydrogens (tertiary/aromatic N) is 1. The topological polar surface area (TPSA) is 90.0 Å². The molecule has 0 heterocycles. The van der Waals surface area contributed by atoms with Gasteiger partial charge in [0.1, 0.15) is 4.90 Å². The Morgan fingerprint density at radius 3 is 2.41 bits per heavy atom. The van der Waals surface area contributed by atoms with Gasteiger partial charge in [0.15, 0.2) is 11.9 Å². The Hall–Kier alpha value is -1.48. The van der Waals surface area contributed by atoms with E-state index in [1.165, 1.54) is 40.1 Å². The Balaban J connectivity index is 3.20. The molecule has 1 rings (SSSR count). The van der Waals surface area contributed by atoms with E-state index >= 15 is 0 Å². The van der Waals surface area contributed by atoms with E-state index in [1.54, 1.807) is 0 Å². The normalized spacial score (nSPS) is 13.0. The lowest BCUT2D eigenvalue weighted by Crippen LogP contribution is -2.26. The summed E-state index contributed by atoms with van der Waals surface area (Å²) in [6.07, 6.45) is -0.926. The minimum atomic E-state index is -4.02. The van der Waals surface area contributed by atoms with E-state index in [4.69, 9.17) is 16.3 Å². The lowest BCUT2D eigenvalue weighted by Gasteiger charge is -2.16. The molecule has 0 fully saturated rings. The Morgan fingerprint density at radius 1 is 1.32 bits per heavy atom. The van der Waals surface area contributed by atoms with Crippen LogP contribution in [-0.4, -0.2) is 44.9 Å². The molecule has 0 saturated carbocycles. The maximum Gasteiger partial charge on any atom is 0.338 e. The maximum atomic E-state index is 12.2. The van der Waals surface area contributed by atoms with Gasteiger partial charge in [-0.1, -0.05) is 16.1 Å². The van der Waals surface area contributed by atoms with E-state index in [0.29, 0.717) is 4.47 Å². The van der Waals surface area contributed by atoms with Gasteiger partial charge in [0.05, 0.1) is 17.7 Å². The van der Waals surface area contributed by atoms with Crippen molar-refractivity contribution in [3.05, 3.63) is 28.8 Å². The summed E-state index contributed by atoms with van der Waals surface area (Å²) in [6.45, 7) is 2.70. The van der Waals surface area contributed by atoms with Crippen molar-refractivity contribution in [3.8, 4) is 0 Å². The van der Waals surface area contributed by atoms with Gasteiger partial charge in [-0.3, -0.25) is 9.63 Å². The lowest BCUT2D eigenvalue weighted by molar-refractivity contribution is -0.124. The van der Waals surface area contributed by atoms with Crippen LogP contribution in [0.4, 0.5) is 0 Å². The molecule has 0 bridgehead atoms. The average Bonchev–Trinajstić information content (AvgIpc) is 2.46. The highest BCUT2D eigenvalue weighted by Gasteiger charge is 2.26. The monoisotopic (exact) mass is 349 g/mol. The van der Waals surface area contributed by atoms with Gasteiger partial charge in [-0.15, -0.1) is 0 Å². The average molecular weight is 350 g/mol. The fourth-order valence-electron chi connectivity index (χ4n) is 1.38. The SMILES string of the molecule is CON(C)S(=O)(=O)c1cc(C(=O)O[C@H](C)C(C)=O)ccc1Cl. The lowest BCUT2D eigenvalue weighted by atomic mass is 10.2. The summed E-state index contributed by atoms with van der Waals surface area (Å²) in [5.74, 6) is -1.15. The first-order valence-corrected chi connectivity index (χ1v) is 7.97. The van der Waals surface area contributed by atoms with Crippen LogP contribution in [0.15, 0.2) is 23.1 Å². The van der Waals surface area contributed by atoms with E-state index in [9.17, 15) is 18.0 Å². The Kier molecular flexibility index (Phi) is 6.07. The van der Waals surface area contributed by atoms with Crippen LogP contribution in [0, 0.1) is 0 Å². The zero-order valence-corrected chi connectivity index (χ0v) is 14.1. The molecule has 0 aliphatic carbocycles. The summed E-state index contributed by atoms with van der Waals surface area (Å²) >= 11 is 5.88. The van der Waals surface area contributed by atoms with E-state index in [-0.39, 0.29) is 21.3 Å². The molecule has 9 heteroatoms. The zero-order chi connectivity index (χ0) is 17.1. The molecular formula is C13H16ClNO6S. The number of benzene rings is 1. The van der Waals surface area contributed by atoms with Gasteiger partial charge in [-0.05, 0) is 32.0 Å². The molecule has 0 unspecified atom stereocenters. The van der Waals surface area contributed by atoms with Gasteiger partial charge in [-0.2, -0.15) is 0 Å². The minimum Gasteiger partial charge on any atom is -0.451 e. The molecule has 0 aromatic heterocycles. The van der Waals surface area contributed by atoms with Crippen LogP contribution < -0.4 is 0 Å². The smallest absolute Gasteiger partial charge is 0.338 e. The van der Waals surface area contributed by atoms with Crippen molar-refractivity contribution in [2.24, 2.45) is 0 Å². The van der Waals surface area contributed by atoms with Gasteiger partial charge < -0.3 is 4.74 Å². The van der Waals surface area contributed by atoms with Gasteiger partial charge in [-0.25, -0.2) is 13.2 Å². The van der Waals surface area contributed by atoms with E-state index in [0.717, 1.165) is 6.07 Å². The number of carbonyl (C=O) groups excluding carboxylic acids is 2. The molecule has 1 aromatic carbocycles. The van der Waals surface area contributed by atoms with Crippen LogP contribution in [0.2, 0.25) is 5.02 Å². The Morgan fingerprint density at radius 2 is 1.91 bits per heavy atom. The molecule has 122 valence electrons. The molecule has 0 radical (unpaired) electrons. The molecule has 0 amide bonds. The van der Waals surface area contributed by atoms with Crippen LogP contribution in [0.3, 0.4) is 0 Å². The van der Waals surface area contributed by atoms with Crippen LogP contribution in [0.5, 0.6) is 0 Å². The Bertz CT molecular complexity index is 688. The molecule has 0 N–H and O–H groups in total. The van der Waals surface area contributed by atoms with Crippen molar-refractivity contribution in [3.63, 3.8) is 0 Å². The van der Waals surface area contributed by atoms with Crippen molar-refractivity contribution in [1.29, 1.82) is 0 Å². The molecule has 0 saturated heterocycles. The summed E-state index contributed by atoms with van der Waals surface area (Å²) in [5.41, 5.74) is -0.0411. The van der Waals surface area contributed by atoms with Crippen LogP contribution in [0.25, 0.3) is 0 Å². The maximum absolute atomic E-state index is 12.2. The minimum absolute atomic E-state index is 0.0411. The number of rotatable bonds is 6. The number of esters is 1. The summed E-state index contributed by atoms with van der Waals surface area (Å²) in [5, 5.41) is -0.0694. The van der Waals surface area contributed by atoms with Gasteiger partial charge in [0.25, 0.3) is 10.0 Å². The van der Waals surface area contributed by atoms with Crippen molar-refractivity contribution in [1.82, 2.24) is 4.47 Å².